The summed E-state index contributed by atoms with van der Waals surface area (Å²) < 4.78 is 50.8. The third-order valence-electron chi connectivity index (χ3n) is 3.45. The maximum atomic E-state index is 13.1. The number of rotatable bonds is 4. The van der Waals surface area contributed by atoms with Crippen LogP contribution in [0.3, 0.4) is 0 Å². The van der Waals surface area contributed by atoms with Gasteiger partial charge in [0.2, 0.25) is 5.91 Å². The van der Waals surface area contributed by atoms with Crippen molar-refractivity contribution in [3.05, 3.63) is 29.6 Å². The molecule has 1 aromatic rings. The molecule has 0 atom stereocenters. The van der Waals surface area contributed by atoms with Crippen molar-refractivity contribution >= 4 is 11.6 Å². The summed E-state index contributed by atoms with van der Waals surface area (Å²) >= 11 is 0. The number of hydrogen-bond acceptors (Lipinski definition) is 2. The Labute approximate surface area is 119 Å². The van der Waals surface area contributed by atoms with E-state index in [2.05, 4.69) is 10.6 Å². The third kappa shape index (κ3) is 4.34. The highest BCUT2D eigenvalue weighted by molar-refractivity contribution is 5.81. The molecular weight excluding hydrogens is 288 g/mol. The van der Waals surface area contributed by atoms with E-state index in [4.69, 9.17) is 0 Å². The second kappa shape index (κ2) is 6.32. The molecule has 0 heterocycles. The van der Waals surface area contributed by atoms with Gasteiger partial charge in [-0.1, -0.05) is 12.8 Å². The molecule has 21 heavy (non-hydrogen) atoms. The number of anilines is 1. The Balaban J connectivity index is 1.92. The number of alkyl halides is 3. The molecule has 1 saturated carbocycles. The van der Waals surface area contributed by atoms with E-state index in [0.717, 1.165) is 31.7 Å². The fraction of sp³-hybridized carbons (Fsp3) is 0.500. The fourth-order valence-electron chi connectivity index (χ4n) is 2.38. The van der Waals surface area contributed by atoms with Gasteiger partial charge in [0.25, 0.3) is 0 Å². The lowest BCUT2D eigenvalue weighted by atomic mass is 10.2. The number of hydrogen-bond donors (Lipinski definition) is 2. The molecule has 1 fully saturated rings. The molecule has 2 rings (SSSR count). The van der Waals surface area contributed by atoms with Gasteiger partial charge in [-0.25, -0.2) is 4.39 Å². The van der Waals surface area contributed by atoms with Gasteiger partial charge in [-0.15, -0.1) is 0 Å². The average Bonchev–Trinajstić information content (AvgIpc) is 2.89. The molecule has 1 amide bonds. The Morgan fingerprint density at radius 2 is 1.90 bits per heavy atom. The van der Waals surface area contributed by atoms with Crippen LogP contribution in [-0.4, -0.2) is 18.5 Å². The fourth-order valence-corrected chi connectivity index (χ4v) is 2.38. The van der Waals surface area contributed by atoms with Crippen molar-refractivity contribution in [3.8, 4) is 0 Å². The second-order valence-electron chi connectivity index (χ2n) is 5.09. The van der Waals surface area contributed by atoms with E-state index < -0.39 is 17.6 Å². The molecule has 0 bridgehead atoms. The van der Waals surface area contributed by atoms with Gasteiger partial charge >= 0.3 is 6.18 Å². The summed E-state index contributed by atoms with van der Waals surface area (Å²) in [7, 11) is 0. The zero-order valence-electron chi connectivity index (χ0n) is 11.3. The average molecular weight is 304 g/mol. The molecule has 0 aliphatic heterocycles. The van der Waals surface area contributed by atoms with E-state index in [1.807, 2.05) is 0 Å². The van der Waals surface area contributed by atoms with Crippen molar-refractivity contribution in [2.24, 2.45) is 0 Å². The van der Waals surface area contributed by atoms with Crippen LogP contribution in [0.4, 0.5) is 23.2 Å². The maximum absolute atomic E-state index is 13.1. The molecule has 1 aliphatic rings. The highest BCUT2D eigenvalue weighted by Gasteiger charge is 2.34. The van der Waals surface area contributed by atoms with Crippen LogP contribution in [0.5, 0.6) is 0 Å². The van der Waals surface area contributed by atoms with Gasteiger partial charge in [-0.2, -0.15) is 13.2 Å². The number of benzene rings is 1. The molecular formula is C14H16F4N2O. The van der Waals surface area contributed by atoms with E-state index >= 15 is 0 Å². The van der Waals surface area contributed by atoms with Crippen LogP contribution in [0, 0.1) is 5.82 Å². The Morgan fingerprint density at radius 1 is 1.24 bits per heavy atom. The number of amides is 1. The highest BCUT2D eigenvalue weighted by atomic mass is 19.4. The third-order valence-corrected chi connectivity index (χ3v) is 3.45. The quantitative estimate of drug-likeness (QED) is 0.838. The van der Waals surface area contributed by atoms with Gasteiger partial charge in [0.1, 0.15) is 5.82 Å². The van der Waals surface area contributed by atoms with E-state index in [-0.39, 0.29) is 24.2 Å². The van der Waals surface area contributed by atoms with Crippen LogP contribution < -0.4 is 10.6 Å². The van der Waals surface area contributed by atoms with Gasteiger partial charge in [-0.3, -0.25) is 4.79 Å². The predicted molar refractivity (Wildman–Crippen MR) is 70.3 cm³/mol. The van der Waals surface area contributed by atoms with Gasteiger partial charge < -0.3 is 10.6 Å². The summed E-state index contributed by atoms with van der Waals surface area (Å²) in [5.41, 5.74) is -1.28. The Bertz CT molecular complexity index is 510. The first-order valence-electron chi connectivity index (χ1n) is 6.76. The summed E-state index contributed by atoms with van der Waals surface area (Å²) in [5.74, 6) is -1.61. The van der Waals surface area contributed by atoms with Crippen molar-refractivity contribution in [2.45, 2.75) is 37.9 Å². The van der Waals surface area contributed by atoms with Crippen LogP contribution in [-0.2, 0) is 11.0 Å². The van der Waals surface area contributed by atoms with Crippen LogP contribution in [0.15, 0.2) is 18.2 Å². The molecule has 0 saturated heterocycles. The van der Waals surface area contributed by atoms with Crippen LogP contribution in [0.1, 0.15) is 31.2 Å². The monoisotopic (exact) mass is 304 g/mol. The number of halogens is 4. The minimum Gasteiger partial charge on any atom is -0.376 e. The smallest absolute Gasteiger partial charge is 0.376 e. The zero-order valence-corrected chi connectivity index (χ0v) is 11.3. The van der Waals surface area contributed by atoms with E-state index in [0.29, 0.717) is 6.07 Å². The molecule has 0 unspecified atom stereocenters. The van der Waals surface area contributed by atoms with Crippen molar-refractivity contribution in [1.82, 2.24) is 5.32 Å². The first-order valence-corrected chi connectivity index (χ1v) is 6.76. The maximum Gasteiger partial charge on any atom is 0.419 e. The van der Waals surface area contributed by atoms with Crippen LogP contribution >= 0.6 is 0 Å². The van der Waals surface area contributed by atoms with E-state index in [9.17, 15) is 22.4 Å². The summed E-state index contributed by atoms with van der Waals surface area (Å²) in [5, 5.41) is 5.39. The van der Waals surface area contributed by atoms with Gasteiger partial charge in [0.15, 0.2) is 0 Å². The number of carbonyl (C=O) groups excluding carboxylic acids is 1. The van der Waals surface area contributed by atoms with E-state index in [1.54, 1.807) is 0 Å². The standard InChI is InChI=1S/C14H16F4N2O/c15-12-6-5-10(7-11(12)14(16,17)18)19-8-13(21)20-9-3-1-2-4-9/h5-7,9,19H,1-4,8H2,(H,20,21). The minimum atomic E-state index is -4.76. The molecule has 116 valence electrons. The lowest BCUT2D eigenvalue weighted by Crippen LogP contribution is -2.36. The lowest BCUT2D eigenvalue weighted by Gasteiger charge is -2.14. The summed E-state index contributed by atoms with van der Waals surface area (Å²) in [6.07, 6.45) is -0.745. The number of nitrogens with one attached hydrogen (secondary N) is 2. The van der Waals surface area contributed by atoms with Crippen molar-refractivity contribution < 1.29 is 22.4 Å². The molecule has 0 spiro atoms. The molecule has 3 nitrogen and oxygen atoms in total. The van der Waals surface area contributed by atoms with Gasteiger partial charge in [-0.05, 0) is 31.0 Å². The SMILES string of the molecule is O=C(CNc1ccc(F)c(C(F)(F)F)c1)NC1CCCC1. The normalized spacial score (nSPS) is 16.0. The largest absolute Gasteiger partial charge is 0.419 e. The molecule has 1 aliphatic carbocycles. The zero-order chi connectivity index (χ0) is 15.5. The summed E-state index contributed by atoms with van der Waals surface area (Å²) in [6.45, 7) is -0.139. The van der Waals surface area contributed by atoms with Crippen molar-refractivity contribution in [2.75, 3.05) is 11.9 Å². The molecule has 0 radical (unpaired) electrons. The van der Waals surface area contributed by atoms with Crippen molar-refractivity contribution in [1.29, 1.82) is 0 Å². The van der Waals surface area contributed by atoms with Crippen molar-refractivity contribution in [3.63, 3.8) is 0 Å². The Kier molecular flexibility index (Phi) is 4.69. The second-order valence-corrected chi connectivity index (χ2v) is 5.09. The van der Waals surface area contributed by atoms with E-state index in [1.165, 1.54) is 6.07 Å². The van der Waals surface area contributed by atoms with Gasteiger partial charge in [0, 0.05) is 11.7 Å². The predicted octanol–water partition coefficient (Wildman–Crippen LogP) is 3.32. The number of carbonyl (C=O) groups is 1. The first kappa shape index (κ1) is 15.6. The molecule has 1 aromatic carbocycles. The Hall–Kier alpha value is -1.79. The minimum absolute atomic E-state index is 0.0605. The first-order chi connectivity index (χ1) is 9.86. The lowest BCUT2D eigenvalue weighted by molar-refractivity contribution is -0.139. The summed E-state index contributed by atoms with van der Waals surface area (Å²) in [6, 6.07) is 2.73. The topological polar surface area (TPSA) is 41.1 Å². The van der Waals surface area contributed by atoms with Gasteiger partial charge in [0.05, 0.1) is 12.1 Å². The Morgan fingerprint density at radius 3 is 2.52 bits per heavy atom. The molecule has 0 aromatic heterocycles. The molecule has 2 N–H and O–H groups in total. The highest BCUT2D eigenvalue weighted by Crippen LogP contribution is 2.32. The van der Waals surface area contributed by atoms with Crippen LogP contribution in [0.25, 0.3) is 0 Å². The summed E-state index contributed by atoms with van der Waals surface area (Å²) in [4.78, 5) is 11.7. The molecule has 7 heteroatoms. The van der Waals surface area contributed by atoms with Crippen LogP contribution in [0.2, 0.25) is 0 Å².